The molecular weight excluding hydrogens is 220 g/mol. The van der Waals surface area contributed by atoms with Crippen LogP contribution in [0.2, 0.25) is 0 Å². The molecule has 17 heavy (non-hydrogen) atoms. The van der Waals surface area contributed by atoms with Crippen LogP contribution in [0.1, 0.15) is 16.1 Å². The van der Waals surface area contributed by atoms with Gasteiger partial charge in [0.05, 0.1) is 18.3 Å². The van der Waals surface area contributed by atoms with Crippen LogP contribution < -0.4 is 5.32 Å². The average Bonchev–Trinajstić information content (AvgIpc) is 2.33. The van der Waals surface area contributed by atoms with Gasteiger partial charge in [-0.05, 0) is 12.1 Å². The number of nitrogens with zero attached hydrogens (tertiary/aromatic N) is 1. The summed E-state index contributed by atoms with van der Waals surface area (Å²) in [4.78, 5) is 15.5. The van der Waals surface area contributed by atoms with Crippen LogP contribution in [0.25, 0.3) is 0 Å². The summed E-state index contributed by atoms with van der Waals surface area (Å²) in [6.45, 7) is 1.67. The van der Waals surface area contributed by atoms with E-state index in [1.165, 1.54) is 13.3 Å². The zero-order valence-electron chi connectivity index (χ0n) is 10.0. The second-order valence-electron chi connectivity index (χ2n) is 4.20. The molecule has 92 valence electrons. The quantitative estimate of drug-likeness (QED) is 0.767. The smallest absolute Gasteiger partial charge is 0.339 e. The normalized spacial score (nSPS) is 17.3. The number of nitrogens with one attached hydrogen (secondary N) is 1. The number of aromatic nitrogens is 1. The Morgan fingerprint density at radius 2 is 2.24 bits per heavy atom. The Bertz CT molecular complexity index is 393. The number of rotatable bonds is 4. The van der Waals surface area contributed by atoms with Crippen molar-refractivity contribution in [1.82, 2.24) is 10.3 Å². The predicted molar refractivity (Wildman–Crippen MR) is 61.9 cm³/mol. The van der Waals surface area contributed by atoms with E-state index < -0.39 is 0 Å². The van der Waals surface area contributed by atoms with Gasteiger partial charge in [0.25, 0.3) is 0 Å². The molecule has 2 heterocycles. The molecule has 5 heteroatoms. The second-order valence-corrected chi connectivity index (χ2v) is 4.20. The van der Waals surface area contributed by atoms with Gasteiger partial charge in [0.2, 0.25) is 0 Å². The minimum absolute atomic E-state index is 0.139. The molecule has 1 aliphatic rings. The average molecular weight is 236 g/mol. The second kappa shape index (κ2) is 4.81. The summed E-state index contributed by atoms with van der Waals surface area (Å²) in [7, 11) is 3.07. The molecule has 1 aromatic heterocycles. The molecular formula is C12H16N2O3. The standard InChI is InChI=1S/C12H16N2O3/c1-16-11(15)9-3-4-10(14-6-9)5-12(17-2)7-13-8-12/h3-4,6,13H,5,7-8H2,1-2H3. The fourth-order valence-electron chi connectivity index (χ4n) is 1.84. The Kier molecular flexibility index (Phi) is 3.40. The Balaban J connectivity index is 2.05. The number of carbonyl (C=O) groups excluding carboxylic acids is 1. The minimum atomic E-state index is -0.365. The molecule has 1 N–H and O–H groups in total. The largest absolute Gasteiger partial charge is 0.465 e. The van der Waals surface area contributed by atoms with Crippen molar-refractivity contribution in [2.24, 2.45) is 0 Å². The predicted octanol–water partition coefficient (Wildman–Crippen LogP) is 0.399. The van der Waals surface area contributed by atoms with Crippen LogP contribution >= 0.6 is 0 Å². The first-order valence-electron chi connectivity index (χ1n) is 5.48. The van der Waals surface area contributed by atoms with Crippen LogP contribution in [0.4, 0.5) is 0 Å². The lowest BCUT2D eigenvalue weighted by atomic mass is 9.91. The third-order valence-corrected chi connectivity index (χ3v) is 3.08. The maximum Gasteiger partial charge on any atom is 0.339 e. The Hall–Kier alpha value is -1.46. The molecule has 1 fully saturated rings. The molecule has 0 spiro atoms. The van der Waals surface area contributed by atoms with Gasteiger partial charge in [0, 0.05) is 38.5 Å². The summed E-state index contributed by atoms with van der Waals surface area (Å²) in [5, 5.41) is 3.19. The van der Waals surface area contributed by atoms with Gasteiger partial charge in [-0.25, -0.2) is 4.79 Å². The highest BCUT2D eigenvalue weighted by Gasteiger charge is 2.37. The van der Waals surface area contributed by atoms with Gasteiger partial charge in [0.15, 0.2) is 0 Å². The molecule has 0 unspecified atom stereocenters. The molecule has 2 rings (SSSR count). The van der Waals surface area contributed by atoms with Crippen molar-refractivity contribution < 1.29 is 14.3 Å². The summed E-state index contributed by atoms with van der Waals surface area (Å²) >= 11 is 0. The van der Waals surface area contributed by atoms with Gasteiger partial charge in [-0.15, -0.1) is 0 Å². The van der Waals surface area contributed by atoms with Crippen LogP contribution in [0.5, 0.6) is 0 Å². The van der Waals surface area contributed by atoms with Gasteiger partial charge in [0.1, 0.15) is 0 Å². The topological polar surface area (TPSA) is 60.5 Å². The van der Waals surface area contributed by atoms with E-state index in [2.05, 4.69) is 15.0 Å². The van der Waals surface area contributed by atoms with Gasteiger partial charge >= 0.3 is 5.97 Å². The first kappa shape index (κ1) is 12.0. The number of esters is 1. The lowest BCUT2D eigenvalue weighted by Gasteiger charge is -2.41. The van der Waals surface area contributed by atoms with E-state index in [4.69, 9.17) is 4.74 Å². The summed E-state index contributed by atoms with van der Waals surface area (Å²) in [6, 6.07) is 3.56. The number of pyridine rings is 1. The van der Waals surface area contributed by atoms with Crippen molar-refractivity contribution in [1.29, 1.82) is 0 Å². The van der Waals surface area contributed by atoms with E-state index in [0.717, 1.165) is 25.2 Å². The zero-order valence-corrected chi connectivity index (χ0v) is 10.0. The molecule has 0 aromatic carbocycles. The van der Waals surface area contributed by atoms with E-state index in [0.29, 0.717) is 5.56 Å². The maximum absolute atomic E-state index is 11.2. The van der Waals surface area contributed by atoms with E-state index >= 15 is 0 Å². The molecule has 0 bridgehead atoms. The lowest BCUT2D eigenvalue weighted by molar-refractivity contribution is -0.0508. The van der Waals surface area contributed by atoms with Crippen molar-refractivity contribution in [2.45, 2.75) is 12.0 Å². The van der Waals surface area contributed by atoms with Crippen molar-refractivity contribution in [3.63, 3.8) is 0 Å². The van der Waals surface area contributed by atoms with Gasteiger partial charge < -0.3 is 14.8 Å². The SMILES string of the molecule is COC(=O)c1ccc(CC2(OC)CNC2)nc1. The third-order valence-electron chi connectivity index (χ3n) is 3.08. The van der Waals surface area contributed by atoms with Crippen molar-refractivity contribution in [2.75, 3.05) is 27.3 Å². The number of methoxy groups -OCH3 is 2. The minimum Gasteiger partial charge on any atom is -0.465 e. The number of hydrogen-bond donors (Lipinski definition) is 1. The molecule has 0 aliphatic carbocycles. The van der Waals surface area contributed by atoms with Crippen molar-refractivity contribution in [3.05, 3.63) is 29.6 Å². The summed E-state index contributed by atoms with van der Waals surface area (Å²) in [6.07, 6.45) is 2.29. The number of hydrogen-bond acceptors (Lipinski definition) is 5. The molecule has 1 aromatic rings. The van der Waals surface area contributed by atoms with Crippen LogP contribution in [0, 0.1) is 0 Å². The summed E-state index contributed by atoms with van der Waals surface area (Å²) in [5.41, 5.74) is 1.25. The van der Waals surface area contributed by atoms with Crippen LogP contribution in [-0.4, -0.2) is 43.9 Å². The van der Waals surface area contributed by atoms with E-state index in [9.17, 15) is 4.79 Å². The monoisotopic (exact) mass is 236 g/mol. The first-order valence-corrected chi connectivity index (χ1v) is 5.48. The van der Waals surface area contributed by atoms with Gasteiger partial charge in [-0.2, -0.15) is 0 Å². The molecule has 1 aliphatic heterocycles. The molecule has 0 amide bonds. The molecule has 0 atom stereocenters. The van der Waals surface area contributed by atoms with E-state index in [-0.39, 0.29) is 11.6 Å². The van der Waals surface area contributed by atoms with Gasteiger partial charge in [-0.1, -0.05) is 0 Å². The van der Waals surface area contributed by atoms with Crippen molar-refractivity contribution >= 4 is 5.97 Å². The fraction of sp³-hybridized carbons (Fsp3) is 0.500. The fourth-order valence-corrected chi connectivity index (χ4v) is 1.84. The molecule has 0 radical (unpaired) electrons. The van der Waals surface area contributed by atoms with E-state index in [1.54, 1.807) is 13.2 Å². The Labute approximate surface area is 100 Å². The lowest BCUT2D eigenvalue weighted by Crippen LogP contribution is -2.62. The Morgan fingerprint density at radius 3 is 2.65 bits per heavy atom. The van der Waals surface area contributed by atoms with Crippen LogP contribution in [0.15, 0.2) is 18.3 Å². The highest BCUT2D eigenvalue weighted by molar-refractivity contribution is 5.88. The van der Waals surface area contributed by atoms with Gasteiger partial charge in [-0.3, -0.25) is 4.98 Å². The third kappa shape index (κ3) is 2.45. The molecule has 1 saturated heterocycles. The Morgan fingerprint density at radius 1 is 1.47 bits per heavy atom. The van der Waals surface area contributed by atoms with Crippen LogP contribution in [0.3, 0.4) is 0 Å². The van der Waals surface area contributed by atoms with Crippen molar-refractivity contribution in [3.8, 4) is 0 Å². The number of carbonyl (C=O) groups is 1. The van der Waals surface area contributed by atoms with Crippen LogP contribution in [-0.2, 0) is 15.9 Å². The maximum atomic E-state index is 11.2. The zero-order chi connectivity index (χ0) is 12.3. The number of ether oxygens (including phenoxy) is 2. The first-order chi connectivity index (χ1) is 8.19. The molecule has 0 saturated carbocycles. The molecule has 5 nitrogen and oxygen atoms in total. The highest BCUT2D eigenvalue weighted by atomic mass is 16.5. The summed E-state index contributed by atoms with van der Waals surface area (Å²) < 4.78 is 10.1. The highest BCUT2D eigenvalue weighted by Crippen LogP contribution is 2.20. The summed E-state index contributed by atoms with van der Waals surface area (Å²) in [5.74, 6) is -0.365. The van der Waals surface area contributed by atoms with E-state index in [1.807, 2.05) is 6.07 Å².